The molecule has 1 N–H and O–H groups in total. The van der Waals surface area contributed by atoms with Crippen LogP contribution in [0.5, 0.6) is 0 Å². The summed E-state index contributed by atoms with van der Waals surface area (Å²) in [5.41, 5.74) is -0.280. The summed E-state index contributed by atoms with van der Waals surface area (Å²) in [6.07, 6.45) is 1.45. The predicted molar refractivity (Wildman–Crippen MR) is 84.1 cm³/mol. The predicted octanol–water partition coefficient (Wildman–Crippen LogP) is 3.27. The summed E-state index contributed by atoms with van der Waals surface area (Å²) >= 11 is 0. The van der Waals surface area contributed by atoms with Gasteiger partial charge in [0.15, 0.2) is 8.32 Å². The average Bonchev–Trinajstić information content (AvgIpc) is 2.19. The van der Waals surface area contributed by atoms with Crippen molar-refractivity contribution in [2.75, 3.05) is 6.61 Å². The van der Waals surface area contributed by atoms with Gasteiger partial charge in [-0.1, -0.05) is 6.58 Å². The van der Waals surface area contributed by atoms with E-state index in [1.54, 1.807) is 20.8 Å². The molecule has 1 atom stereocenters. The van der Waals surface area contributed by atoms with Gasteiger partial charge in [-0.2, -0.15) is 0 Å². The first-order chi connectivity index (χ1) is 8.93. The molecular weight excluding hydrogens is 272 g/mol. The van der Waals surface area contributed by atoms with Gasteiger partial charge >= 0.3 is 5.97 Å². The van der Waals surface area contributed by atoms with Crippen molar-refractivity contribution in [1.29, 1.82) is 0 Å². The Labute approximate surface area is 124 Å². The lowest BCUT2D eigenvalue weighted by molar-refractivity contribution is -0.138. The Balaban J connectivity index is 4.01. The fourth-order valence-corrected chi connectivity index (χ4v) is 4.42. The van der Waals surface area contributed by atoms with Crippen LogP contribution >= 0.6 is 0 Å². The van der Waals surface area contributed by atoms with Crippen molar-refractivity contribution >= 4 is 14.3 Å². The van der Waals surface area contributed by atoms with Crippen molar-refractivity contribution in [3.05, 3.63) is 12.2 Å². The van der Waals surface area contributed by atoms with Gasteiger partial charge in [0.05, 0.1) is 12.2 Å². The van der Waals surface area contributed by atoms with Crippen LogP contribution in [0.4, 0.5) is 0 Å². The second-order valence-electron chi connectivity index (χ2n) is 6.72. The summed E-state index contributed by atoms with van der Waals surface area (Å²) in [5, 5.41) is 9.78. The highest BCUT2D eigenvalue weighted by Gasteiger charge is 2.27. The van der Waals surface area contributed by atoms with Crippen LogP contribution in [0.1, 0.15) is 40.5 Å². The highest BCUT2D eigenvalue weighted by atomic mass is 28.4. The molecule has 0 amide bonds. The normalized spacial score (nSPS) is 13.9. The zero-order valence-corrected chi connectivity index (χ0v) is 14.8. The summed E-state index contributed by atoms with van der Waals surface area (Å²) in [7, 11) is -1.79. The van der Waals surface area contributed by atoms with Crippen LogP contribution in [-0.2, 0) is 14.0 Å². The third-order valence-electron chi connectivity index (χ3n) is 2.81. The molecular formula is C15H30O4Si. The number of carbonyl (C=O) groups excluding carboxylic acids is 1. The van der Waals surface area contributed by atoms with Crippen molar-refractivity contribution in [2.45, 2.75) is 71.4 Å². The standard InChI is InChI=1S/C15H30O4Si/c1-12(2)14(16)18-9-8-10-20(6,7)19-13(3)11-15(4,5)17/h13,17H,1,8-11H2,2-7H3. The first-order valence-corrected chi connectivity index (χ1v) is 10.3. The van der Waals surface area contributed by atoms with Crippen LogP contribution in [0.3, 0.4) is 0 Å². The summed E-state index contributed by atoms with van der Waals surface area (Å²) < 4.78 is 11.2. The third kappa shape index (κ3) is 10.2. The Morgan fingerprint density at radius 1 is 1.40 bits per heavy atom. The van der Waals surface area contributed by atoms with Gasteiger partial charge in [0, 0.05) is 18.1 Å². The minimum absolute atomic E-state index is 0.0367. The molecule has 0 aromatic heterocycles. The molecule has 20 heavy (non-hydrogen) atoms. The topological polar surface area (TPSA) is 55.8 Å². The van der Waals surface area contributed by atoms with E-state index < -0.39 is 13.9 Å². The Kier molecular flexibility index (Phi) is 7.69. The lowest BCUT2D eigenvalue weighted by atomic mass is 10.0. The van der Waals surface area contributed by atoms with Gasteiger partial charge in [-0.15, -0.1) is 0 Å². The van der Waals surface area contributed by atoms with Crippen molar-refractivity contribution in [3.63, 3.8) is 0 Å². The molecule has 1 unspecified atom stereocenters. The van der Waals surface area contributed by atoms with Crippen molar-refractivity contribution in [2.24, 2.45) is 0 Å². The number of esters is 1. The molecule has 0 saturated heterocycles. The van der Waals surface area contributed by atoms with Gasteiger partial charge in [0.1, 0.15) is 0 Å². The Morgan fingerprint density at radius 2 is 1.95 bits per heavy atom. The van der Waals surface area contributed by atoms with E-state index in [-0.39, 0.29) is 12.1 Å². The summed E-state index contributed by atoms with van der Waals surface area (Å²) in [5.74, 6) is -0.333. The van der Waals surface area contributed by atoms with E-state index in [1.807, 2.05) is 6.92 Å². The molecule has 0 saturated carbocycles. The smallest absolute Gasteiger partial charge is 0.333 e. The second kappa shape index (κ2) is 7.95. The maximum absolute atomic E-state index is 11.2. The second-order valence-corrected chi connectivity index (χ2v) is 11.0. The van der Waals surface area contributed by atoms with E-state index in [4.69, 9.17) is 9.16 Å². The van der Waals surface area contributed by atoms with Crippen molar-refractivity contribution in [3.8, 4) is 0 Å². The molecule has 0 aliphatic heterocycles. The number of ether oxygens (including phenoxy) is 1. The highest BCUT2D eigenvalue weighted by molar-refractivity contribution is 6.71. The van der Waals surface area contributed by atoms with Crippen molar-refractivity contribution in [1.82, 2.24) is 0 Å². The zero-order valence-electron chi connectivity index (χ0n) is 13.8. The molecule has 0 fully saturated rings. The monoisotopic (exact) mass is 302 g/mol. The third-order valence-corrected chi connectivity index (χ3v) is 5.41. The maximum Gasteiger partial charge on any atom is 0.333 e. The van der Waals surface area contributed by atoms with Gasteiger partial charge in [-0.05, 0) is 53.3 Å². The Hall–Kier alpha value is -0.653. The van der Waals surface area contributed by atoms with Gasteiger partial charge < -0.3 is 14.3 Å². The van der Waals surface area contributed by atoms with Crippen LogP contribution in [0.2, 0.25) is 19.1 Å². The van der Waals surface area contributed by atoms with Crippen LogP contribution in [0, 0.1) is 0 Å². The maximum atomic E-state index is 11.2. The number of aliphatic hydroxyl groups is 1. The summed E-state index contributed by atoms with van der Waals surface area (Å²) in [6, 6.07) is 0.923. The number of rotatable bonds is 9. The van der Waals surface area contributed by atoms with Crippen LogP contribution < -0.4 is 0 Å². The van der Waals surface area contributed by atoms with Crippen LogP contribution in [0.25, 0.3) is 0 Å². The Bertz CT molecular complexity index is 331. The molecule has 5 heteroatoms. The lowest BCUT2D eigenvalue weighted by Gasteiger charge is -2.30. The van der Waals surface area contributed by atoms with E-state index in [0.29, 0.717) is 18.6 Å². The number of hydrogen-bond donors (Lipinski definition) is 1. The van der Waals surface area contributed by atoms with E-state index in [2.05, 4.69) is 19.7 Å². The Morgan fingerprint density at radius 3 is 2.40 bits per heavy atom. The molecule has 0 spiro atoms. The first kappa shape index (κ1) is 19.3. The van der Waals surface area contributed by atoms with Crippen molar-refractivity contribution < 1.29 is 19.1 Å². The van der Waals surface area contributed by atoms with Crippen LogP contribution in [0.15, 0.2) is 12.2 Å². The number of hydrogen-bond acceptors (Lipinski definition) is 4. The largest absolute Gasteiger partial charge is 0.462 e. The van der Waals surface area contributed by atoms with E-state index in [0.717, 1.165) is 12.5 Å². The molecule has 0 heterocycles. The van der Waals surface area contributed by atoms with Gasteiger partial charge in [-0.25, -0.2) is 4.79 Å². The molecule has 0 radical (unpaired) electrons. The zero-order chi connectivity index (χ0) is 16.0. The fraction of sp³-hybridized carbons (Fsp3) is 0.800. The lowest BCUT2D eigenvalue weighted by Crippen LogP contribution is -2.37. The molecule has 0 aromatic carbocycles. The van der Waals surface area contributed by atoms with Crippen LogP contribution in [-0.4, -0.2) is 37.7 Å². The molecule has 0 aliphatic carbocycles. The average molecular weight is 302 g/mol. The summed E-state index contributed by atoms with van der Waals surface area (Å²) in [4.78, 5) is 11.2. The molecule has 118 valence electrons. The molecule has 0 aliphatic rings. The number of carbonyl (C=O) groups is 1. The summed E-state index contributed by atoms with van der Waals surface area (Å²) in [6.45, 7) is 15.5. The highest BCUT2D eigenvalue weighted by Crippen LogP contribution is 2.21. The minimum atomic E-state index is -1.79. The molecule has 0 aromatic rings. The first-order valence-electron chi connectivity index (χ1n) is 7.16. The SMILES string of the molecule is C=C(C)C(=O)OCCC[Si](C)(C)OC(C)CC(C)(C)O. The minimum Gasteiger partial charge on any atom is -0.462 e. The van der Waals surface area contributed by atoms with E-state index >= 15 is 0 Å². The fourth-order valence-electron chi connectivity index (χ4n) is 2.13. The quantitative estimate of drug-likeness (QED) is 0.307. The van der Waals surface area contributed by atoms with Gasteiger partial charge in [0.2, 0.25) is 0 Å². The van der Waals surface area contributed by atoms with E-state index in [1.165, 1.54) is 0 Å². The molecule has 0 bridgehead atoms. The molecule has 0 rings (SSSR count). The van der Waals surface area contributed by atoms with E-state index in [9.17, 15) is 9.90 Å². The van der Waals surface area contributed by atoms with Gasteiger partial charge in [0.25, 0.3) is 0 Å². The molecule has 4 nitrogen and oxygen atoms in total. The van der Waals surface area contributed by atoms with Gasteiger partial charge in [-0.3, -0.25) is 0 Å².